The van der Waals surface area contributed by atoms with Gasteiger partial charge in [0.2, 0.25) is 0 Å². The van der Waals surface area contributed by atoms with Crippen molar-refractivity contribution in [3.05, 3.63) is 23.4 Å². The van der Waals surface area contributed by atoms with Gasteiger partial charge in [-0.15, -0.1) is 0 Å². The van der Waals surface area contributed by atoms with Crippen LogP contribution in [0.25, 0.3) is 0 Å². The molecule has 1 heterocycles. The molecule has 1 aromatic heterocycles. The monoisotopic (exact) mass is 211 g/mol. The summed E-state index contributed by atoms with van der Waals surface area (Å²) < 4.78 is 0. The summed E-state index contributed by atoms with van der Waals surface area (Å²) in [5.74, 6) is 0.514. The third-order valence-electron chi connectivity index (χ3n) is 1.69. The van der Waals surface area contributed by atoms with Gasteiger partial charge in [-0.05, 0) is 32.9 Å². The smallest absolute Gasteiger partial charge is 0.283 e. The van der Waals surface area contributed by atoms with Gasteiger partial charge in [0.05, 0.1) is 0 Å². The number of carbonyl (C=O) groups excluding carboxylic acids is 1. The zero-order chi connectivity index (χ0) is 10.8. The molecular weight excluding hydrogens is 200 g/mol. The highest BCUT2D eigenvalue weighted by molar-refractivity contribution is 6.29. The first-order valence-corrected chi connectivity index (χ1v) is 4.63. The van der Waals surface area contributed by atoms with Gasteiger partial charge in [0.15, 0.2) is 0 Å². The minimum atomic E-state index is -0.348. The fourth-order valence-corrected chi connectivity index (χ4v) is 1.21. The normalized spacial score (nSPS) is 11.1. The Morgan fingerprint density at radius 1 is 1.43 bits per heavy atom. The average molecular weight is 212 g/mol. The summed E-state index contributed by atoms with van der Waals surface area (Å²) in [4.78, 5) is 16.2. The average Bonchev–Trinajstić information content (AvgIpc) is 2.02. The molecule has 0 N–H and O–H groups in total. The van der Waals surface area contributed by atoms with Crippen LogP contribution in [0.4, 0.5) is 5.82 Å². The third kappa shape index (κ3) is 2.45. The highest BCUT2D eigenvalue weighted by Gasteiger charge is 2.23. The fraction of sp³-hybridized carbons (Fsp3) is 0.400. The molecule has 75 valence electrons. The van der Waals surface area contributed by atoms with Crippen LogP contribution in [0.5, 0.6) is 0 Å². The lowest BCUT2D eigenvalue weighted by atomic mass is 10.1. The Bertz CT molecular complexity index is 333. The predicted octanol–water partition coefficient (Wildman–Crippen LogP) is 2.41. The summed E-state index contributed by atoms with van der Waals surface area (Å²) >= 11 is 5.73. The number of hydrogen-bond acceptors (Lipinski definition) is 2. The van der Waals surface area contributed by atoms with Crippen LogP contribution in [0.15, 0.2) is 18.2 Å². The molecule has 0 saturated heterocycles. The maximum Gasteiger partial charge on any atom is 0.318 e. The van der Waals surface area contributed by atoms with E-state index in [4.69, 9.17) is 11.6 Å². The lowest BCUT2D eigenvalue weighted by molar-refractivity contribution is 0.507. The van der Waals surface area contributed by atoms with Crippen LogP contribution < -0.4 is 4.90 Å². The Morgan fingerprint density at radius 2 is 2.07 bits per heavy atom. The summed E-state index contributed by atoms with van der Waals surface area (Å²) in [6.45, 7) is 5.71. The summed E-state index contributed by atoms with van der Waals surface area (Å²) in [5, 5.41) is 0.368. The van der Waals surface area contributed by atoms with Gasteiger partial charge in [0, 0.05) is 5.54 Å². The number of halogens is 1. The lowest BCUT2D eigenvalue weighted by Gasteiger charge is -2.30. The van der Waals surface area contributed by atoms with Gasteiger partial charge in [-0.1, -0.05) is 17.7 Å². The molecule has 3 nitrogen and oxygen atoms in total. The molecule has 0 aliphatic heterocycles. The summed E-state index contributed by atoms with van der Waals surface area (Å²) in [6.07, 6.45) is 1.85. The topological polar surface area (TPSA) is 33.2 Å². The first-order chi connectivity index (χ1) is 6.45. The molecule has 0 aliphatic carbocycles. The van der Waals surface area contributed by atoms with E-state index in [-0.39, 0.29) is 5.54 Å². The molecule has 14 heavy (non-hydrogen) atoms. The second-order valence-electron chi connectivity index (χ2n) is 3.92. The van der Waals surface area contributed by atoms with Crippen molar-refractivity contribution >= 4 is 23.8 Å². The van der Waals surface area contributed by atoms with Crippen molar-refractivity contribution < 1.29 is 4.79 Å². The van der Waals surface area contributed by atoms with Crippen molar-refractivity contribution in [3.8, 4) is 0 Å². The first kappa shape index (κ1) is 11.0. The minimum absolute atomic E-state index is 0.348. The minimum Gasteiger partial charge on any atom is -0.283 e. The van der Waals surface area contributed by atoms with Crippen LogP contribution in [0, 0.1) is 0 Å². The van der Waals surface area contributed by atoms with Crippen LogP contribution in [-0.2, 0) is 4.79 Å². The molecule has 0 unspecified atom stereocenters. The van der Waals surface area contributed by atoms with E-state index >= 15 is 0 Å². The second-order valence-corrected chi connectivity index (χ2v) is 4.30. The van der Waals surface area contributed by atoms with Gasteiger partial charge in [-0.25, -0.2) is 4.98 Å². The number of hydrogen-bond donors (Lipinski definition) is 0. The van der Waals surface area contributed by atoms with E-state index in [1.807, 2.05) is 27.2 Å². The van der Waals surface area contributed by atoms with Crippen molar-refractivity contribution in [1.82, 2.24) is 4.98 Å². The summed E-state index contributed by atoms with van der Waals surface area (Å²) in [7, 11) is 0. The largest absolute Gasteiger partial charge is 0.318 e. The van der Waals surface area contributed by atoms with Gasteiger partial charge in [-0.3, -0.25) is 9.69 Å². The quantitative estimate of drug-likeness (QED) is 0.556. The van der Waals surface area contributed by atoms with Gasteiger partial charge in [0.25, 0.3) is 0 Å². The molecule has 0 atom stereocenters. The Labute approximate surface area is 88.7 Å². The Balaban J connectivity index is 3.07. The van der Waals surface area contributed by atoms with Crippen LogP contribution in [-0.4, -0.2) is 16.9 Å². The van der Waals surface area contributed by atoms with Crippen molar-refractivity contribution in [2.75, 3.05) is 4.90 Å². The van der Waals surface area contributed by atoms with Crippen molar-refractivity contribution in [2.45, 2.75) is 26.3 Å². The van der Waals surface area contributed by atoms with E-state index in [0.717, 1.165) is 0 Å². The second kappa shape index (κ2) is 3.96. The molecular formula is C10H12ClN2O. The maximum atomic E-state index is 10.8. The SMILES string of the molecule is CC(C)(C)N([C]=O)c1cccc(Cl)n1. The molecule has 4 heteroatoms. The number of pyridine rings is 1. The van der Waals surface area contributed by atoms with Gasteiger partial charge in [0.1, 0.15) is 11.0 Å². The first-order valence-electron chi connectivity index (χ1n) is 4.26. The summed E-state index contributed by atoms with van der Waals surface area (Å²) in [5.41, 5.74) is -0.348. The van der Waals surface area contributed by atoms with E-state index in [2.05, 4.69) is 4.98 Å². The molecule has 1 radical (unpaired) electrons. The Kier molecular flexibility index (Phi) is 3.11. The predicted molar refractivity (Wildman–Crippen MR) is 57.2 cm³/mol. The van der Waals surface area contributed by atoms with Gasteiger partial charge in [-0.2, -0.15) is 0 Å². The zero-order valence-electron chi connectivity index (χ0n) is 8.41. The van der Waals surface area contributed by atoms with Gasteiger partial charge < -0.3 is 0 Å². The fourth-order valence-electron chi connectivity index (χ4n) is 1.05. The molecule has 0 fully saturated rings. The number of aromatic nitrogens is 1. The van der Waals surface area contributed by atoms with Gasteiger partial charge >= 0.3 is 6.41 Å². The molecule has 0 spiro atoms. The highest BCUT2D eigenvalue weighted by atomic mass is 35.5. The molecule has 0 saturated carbocycles. The maximum absolute atomic E-state index is 10.8. The molecule has 1 rings (SSSR count). The highest BCUT2D eigenvalue weighted by Crippen LogP contribution is 2.21. The van der Waals surface area contributed by atoms with Crippen molar-refractivity contribution in [2.24, 2.45) is 0 Å². The lowest BCUT2D eigenvalue weighted by Crippen LogP contribution is -2.40. The standard InChI is InChI=1S/C10H12ClN2O/c1-10(2,3)13(7-14)9-6-4-5-8(11)12-9/h4-6H,1-3H3. The van der Waals surface area contributed by atoms with E-state index in [0.29, 0.717) is 11.0 Å². The number of amides is 1. The molecule has 1 amide bonds. The number of nitrogens with zero attached hydrogens (tertiary/aromatic N) is 2. The molecule has 0 aromatic carbocycles. The Morgan fingerprint density at radius 3 is 2.50 bits per heavy atom. The van der Waals surface area contributed by atoms with E-state index in [1.54, 1.807) is 18.2 Å². The van der Waals surface area contributed by atoms with E-state index < -0.39 is 0 Å². The number of rotatable bonds is 2. The van der Waals surface area contributed by atoms with Crippen LogP contribution >= 0.6 is 11.6 Å². The third-order valence-corrected chi connectivity index (χ3v) is 1.90. The summed E-state index contributed by atoms with van der Waals surface area (Å²) in [6, 6.07) is 5.14. The van der Waals surface area contributed by atoms with E-state index in [9.17, 15) is 4.79 Å². The Hall–Kier alpha value is -1.09. The zero-order valence-corrected chi connectivity index (χ0v) is 9.17. The van der Waals surface area contributed by atoms with Crippen LogP contribution in [0.3, 0.4) is 0 Å². The molecule has 0 aliphatic rings. The molecule has 0 bridgehead atoms. The van der Waals surface area contributed by atoms with E-state index in [1.165, 1.54) is 4.90 Å². The molecule has 1 aromatic rings. The van der Waals surface area contributed by atoms with Crippen molar-refractivity contribution in [1.29, 1.82) is 0 Å². The van der Waals surface area contributed by atoms with Crippen molar-refractivity contribution in [3.63, 3.8) is 0 Å². The van der Waals surface area contributed by atoms with Crippen LogP contribution in [0.1, 0.15) is 20.8 Å². The van der Waals surface area contributed by atoms with Crippen LogP contribution in [0.2, 0.25) is 5.15 Å². The number of anilines is 1.